The molecule has 1 aromatic rings. The van der Waals surface area contributed by atoms with Gasteiger partial charge < -0.3 is 19.3 Å². The van der Waals surface area contributed by atoms with Crippen molar-refractivity contribution >= 4 is 5.97 Å². The molecule has 0 saturated carbocycles. The van der Waals surface area contributed by atoms with E-state index in [-0.39, 0.29) is 11.4 Å². The largest absolute Gasteiger partial charge is 0.477 e. The van der Waals surface area contributed by atoms with E-state index in [2.05, 4.69) is 10.2 Å². The summed E-state index contributed by atoms with van der Waals surface area (Å²) < 4.78 is 15.3. The highest BCUT2D eigenvalue weighted by molar-refractivity contribution is 5.89. The van der Waals surface area contributed by atoms with Gasteiger partial charge in [-0.05, 0) is 6.07 Å². The molecular formula is C11H16N2O5. The smallest absolute Gasteiger partial charge is 0.341 e. The Bertz CT molecular complexity index is 372. The Kier molecular flexibility index (Phi) is 6.67. The third-order valence-electron chi connectivity index (χ3n) is 2.02. The van der Waals surface area contributed by atoms with Crippen LogP contribution in [0.15, 0.2) is 12.3 Å². The Balaban J connectivity index is 2.25. The van der Waals surface area contributed by atoms with Gasteiger partial charge in [0.05, 0.1) is 26.0 Å². The second-order valence-corrected chi connectivity index (χ2v) is 3.36. The molecule has 100 valence electrons. The van der Waals surface area contributed by atoms with E-state index >= 15 is 0 Å². The van der Waals surface area contributed by atoms with Crippen molar-refractivity contribution in [1.29, 1.82) is 0 Å². The number of rotatable bonds is 9. The molecule has 0 aromatic carbocycles. The summed E-state index contributed by atoms with van der Waals surface area (Å²) in [4.78, 5) is 10.8. The Hall–Kier alpha value is -1.73. The van der Waals surface area contributed by atoms with E-state index in [4.69, 9.17) is 19.3 Å². The van der Waals surface area contributed by atoms with Crippen molar-refractivity contribution in [1.82, 2.24) is 10.2 Å². The number of ether oxygens (including phenoxy) is 3. The second kappa shape index (κ2) is 8.37. The zero-order valence-corrected chi connectivity index (χ0v) is 10.2. The molecule has 0 aliphatic rings. The van der Waals surface area contributed by atoms with Gasteiger partial charge >= 0.3 is 5.97 Å². The van der Waals surface area contributed by atoms with E-state index in [0.717, 1.165) is 0 Å². The van der Waals surface area contributed by atoms with Crippen LogP contribution in [-0.4, -0.2) is 54.8 Å². The van der Waals surface area contributed by atoms with Crippen molar-refractivity contribution in [3.05, 3.63) is 17.8 Å². The van der Waals surface area contributed by atoms with Gasteiger partial charge in [-0.15, -0.1) is 5.10 Å². The second-order valence-electron chi connectivity index (χ2n) is 3.36. The van der Waals surface area contributed by atoms with Gasteiger partial charge in [-0.25, -0.2) is 4.79 Å². The van der Waals surface area contributed by atoms with Crippen molar-refractivity contribution in [3.8, 4) is 5.88 Å². The summed E-state index contributed by atoms with van der Waals surface area (Å²) in [6.45, 7) is 1.92. The number of methoxy groups -OCH3 is 1. The van der Waals surface area contributed by atoms with Crippen LogP contribution in [0, 0.1) is 0 Å². The molecule has 0 bridgehead atoms. The summed E-state index contributed by atoms with van der Waals surface area (Å²) >= 11 is 0. The Morgan fingerprint density at radius 2 is 2.17 bits per heavy atom. The van der Waals surface area contributed by atoms with Crippen LogP contribution in [0.3, 0.4) is 0 Å². The molecular weight excluding hydrogens is 240 g/mol. The van der Waals surface area contributed by atoms with Gasteiger partial charge in [0, 0.05) is 20.1 Å². The first kappa shape index (κ1) is 14.3. The highest BCUT2D eigenvalue weighted by atomic mass is 16.5. The van der Waals surface area contributed by atoms with E-state index in [1.54, 1.807) is 7.11 Å². The molecule has 7 nitrogen and oxygen atoms in total. The lowest BCUT2D eigenvalue weighted by molar-refractivity contribution is 0.0633. The maximum Gasteiger partial charge on any atom is 0.341 e. The molecule has 0 fully saturated rings. The lowest BCUT2D eigenvalue weighted by Crippen LogP contribution is -2.10. The van der Waals surface area contributed by atoms with Gasteiger partial charge in [-0.2, -0.15) is 5.10 Å². The average Bonchev–Trinajstić information content (AvgIpc) is 2.38. The highest BCUT2D eigenvalue weighted by Crippen LogP contribution is 2.12. The lowest BCUT2D eigenvalue weighted by atomic mass is 10.3. The molecule has 0 spiro atoms. The normalized spacial score (nSPS) is 10.3. The predicted molar refractivity (Wildman–Crippen MR) is 61.8 cm³/mol. The number of aromatic carboxylic acids is 1. The van der Waals surface area contributed by atoms with Crippen molar-refractivity contribution in [3.63, 3.8) is 0 Å². The number of carboxylic acids is 1. The van der Waals surface area contributed by atoms with E-state index in [1.165, 1.54) is 12.3 Å². The Labute approximate surface area is 105 Å². The monoisotopic (exact) mass is 256 g/mol. The third-order valence-corrected chi connectivity index (χ3v) is 2.02. The van der Waals surface area contributed by atoms with Gasteiger partial charge in [0.2, 0.25) is 5.88 Å². The number of hydrogen-bond acceptors (Lipinski definition) is 6. The summed E-state index contributed by atoms with van der Waals surface area (Å²) in [5, 5.41) is 16.1. The number of hydrogen-bond donors (Lipinski definition) is 1. The fourth-order valence-corrected chi connectivity index (χ4v) is 1.16. The van der Waals surface area contributed by atoms with Crippen molar-refractivity contribution in [2.45, 2.75) is 6.42 Å². The number of nitrogens with zero attached hydrogens (tertiary/aromatic N) is 2. The Morgan fingerprint density at radius 3 is 2.89 bits per heavy atom. The molecule has 0 atom stereocenters. The van der Waals surface area contributed by atoms with Gasteiger partial charge in [-0.1, -0.05) is 0 Å². The van der Waals surface area contributed by atoms with E-state index in [9.17, 15) is 4.79 Å². The van der Waals surface area contributed by atoms with Crippen LogP contribution in [0.1, 0.15) is 16.8 Å². The predicted octanol–water partition coefficient (Wildman–Crippen LogP) is 0.607. The van der Waals surface area contributed by atoms with Crippen molar-refractivity contribution < 1.29 is 24.1 Å². The van der Waals surface area contributed by atoms with Crippen LogP contribution in [-0.2, 0) is 9.47 Å². The molecule has 0 unspecified atom stereocenters. The van der Waals surface area contributed by atoms with Gasteiger partial charge in [0.15, 0.2) is 0 Å². The molecule has 0 saturated heterocycles. The number of carbonyl (C=O) groups is 1. The molecule has 0 aliphatic carbocycles. The van der Waals surface area contributed by atoms with E-state index in [1.807, 2.05) is 0 Å². The first-order chi connectivity index (χ1) is 8.75. The molecule has 0 aliphatic heterocycles. The maximum absolute atomic E-state index is 10.8. The standard InChI is InChI=1S/C11H16N2O5/c1-16-7-8-17-5-2-6-18-10-9(11(14)15)3-4-12-13-10/h3-4H,2,5-8H2,1H3,(H,14,15). The fourth-order valence-electron chi connectivity index (χ4n) is 1.16. The van der Waals surface area contributed by atoms with Crippen LogP contribution in [0.5, 0.6) is 5.88 Å². The topological polar surface area (TPSA) is 90.8 Å². The quantitative estimate of drug-likeness (QED) is 0.647. The van der Waals surface area contributed by atoms with Gasteiger partial charge in [-0.3, -0.25) is 0 Å². The molecule has 7 heteroatoms. The molecule has 0 amide bonds. The van der Waals surface area contributed by atoms with E-state index < -0.39 is 5.97 Å². The molecule has 1 rings (SSSR count). The summed E-state index contributed by atoms with van der Waals surface area (Å²) in [6.07, 6.45) is 1.95. The molecule has 18 heavy (non-hydrogen) atoms. The van der Waals surface area contributed by atoms with Gasteiger partial charge in [0.25, 0.3) is 0 Å². The molecule has 1 N–H and O–H groups in total. The van der Waals surface area contributed by atoms with Crippen LogP contribution < -0.4 is 4.74 Å². The minimum Gasteiger partial charge on any atom is -0.477 e. The van der Waals surface area contributed by atoms with Crippen LogP contribution in [0.2, 0.25) is 0 Å². The average molecular weight is 256 g/mol. The SMILES string of the molecule is COCCOCCCOc1nnccc1C(=O)O. The molecule has 1 heterocycles. The Morgan fingerprint density at radius 1 is 1.33 bits per heavy atom. The molecule has 0 radical (unpaired) electrons. The summed E-state index contributed by atoms with van der Waals surface area (Å²) in [7, 11) is 1.61. The first-order valence-corrected chi connectivity index (χ1v) is 5.50. The van der Waals surface area contributed by atoms with Crippen LogP contribution in [0.25, 0.3) is 0 Å². The summed E-state index contributed by atoms with van der Waals surface area (Å²) in [5.74, 6) is -1.06. The third kappa shape index (κ3) is 5.07. The fraction of sp³-hybridized carbons (Fsp3) is 0.545. The lowest BCUT2D eigenvalue weighted by Gasteiger charge is -2.07. The minimum absolute atomic E-state index is 0.00491. The van der Waals surface area contributed by atoms with Crippen LogP contribution in [0.4, 0.5) is 0 Å². The van der Waals surface area contributed by atoms with E-state index in [0.29, 0.717) is 32.8 Å². The van der Waals surface area contributed by atoms with Crippen molar-refractivity contribution in [2.75, 3.05) is 33.5 Å². The zero-order chi connectivity index (χ0) is 13.2. The first-order valence-electron chi connectivity index (χ1n) is 5.50. The summed E-state index contributed by atoms with van der Waals surface area (Å²) in [6, 6.07) is 1.35. The number of carboxylic acid groups (broad SMARTS) is 1. The zero-order valence-electron chi connectivity index (χ0n) is 10.2. The minimum atomic E-state index is -1.09. The maximum atomic E-state index is 10.8. The number of aromatic nitrogens is 2. The van der Waals surface area contributed by atoms with Crippen LogP contribution >= 0.6 is 0 Å². The van der Waals surface area contributed by atoms with Crippen molar-refractivity contribution in [2.24, 2.45) is 0 Å². The molecule has 1 aromatic heterocycles. The van der Waals surface area contributed by atoms with Gasteiger partial charge in [0.1, 0.15) is 5.56 Å². The highest BCUT2D eigenvalue weighted by Gasteiger charge is 2.12. The summed E-state index contributed by atoms with van der Waals surface area (Å²) in [5.41, 5.74) is 0.00491.